The lowest BCUT2D eigenvalue weighted by molar-refractivity contribution is -0.115. The molecule has 2 amide bonds. The van der Waals surface area contributed by atoms with E-state index in [9.17, 15) is 9.59 Å². The van der Waals surface area contributed by atoms with Crippen molar-refractivity contribution in [2.45, 2.75) is 17.9 Å². The summed E-state index contributed by atoms with van der Waals surface area (Å²) < 4.78 is 1.81. The number of amides is 2. The summed E-state index contributed by atoms with van der Waals surface area (Å²) in [5.41, 5.74) is 4.71. The van der Waals surface area contributed by atoms with Crippen LogP contribution in [0.5, 0.6) is 0 Å². The fourth-order valence-corrected chi connectivity index (χ4v) is 4.58. The SMILES string of the molecule is O=C1CCSc2ccc(C(=O)NCc3cn(-c4ccccc4)nc3-c3ccncc3)cc2N1. The molecule has 5 rings (SSSR count). The van der Waals surface area contributed by atoms with Crippen molar-refractivity contribution in [3.05, 3.63) is 90.4 Å². The number of para-hydroxylation sites is 1. The highest BCUT2D eigenvalue weighted by molar-refractivity contribution is 7.99. The zero-order chi connectivity index (χ0) is 22.6. The van der Waals surface area contributed by atoms with Gasteiger partial charge in [-0.1, -0.05) is 18.2 Å². The van der Waals surface area contributed by atoms with Crippen molar-refractivity contribution >= 4 is 29.3 Å². The van der Waals surface area contributed by atoms with E-state index in [1.807, 2.05) is 59.4 Å². The highest BCUT2D eigenvalue weighted by atomic mass is 32.2. The van der Waals surface area contributed by atoms with E-state index in [1.54, 1.807) is 36.3 Å². The minimum absolute atomic E-state index is 0.0332. The monoisotopic (exact) mass is 455 g/mol. The van der Waals surface area contributed by atoms with Gasteiger partial charge in [0, 0.05) is 58.9 Å². The number of benzene rings is 2. The molecule has 3 heterocycles. The lowest BCUT2D eigenvalue weighted by Crippen LogP contribution is -2.23. The number of pyridine rings is 1. The van der Waals surface area contributed by atoms with Crippen molar-refractivity contribution in [2.24, 2.45) is 0 Å². The largest absolute Gasteiger partial charge is 0.348 e. The molecule has 0 spiro atoms. The molecule has 0 bridgehead atoms. The highest BCUT2D eigenvalue weighted by Gasteiger charge is 2.17. The van der Waals surface area contributed by atoms with Crippen molar-refractivity contribution in [3.63, 3.8) is 0 Å². The second-order valence-electron chi connectivity index (χ2n) is 7.56. The molecule has 4 aromatic rings. The van der Waals surface area contributed by atoms with Crippen LogP contribution in [0.25, 0.3) is 16.9 Å². The maximum absolute atomic E-state index is 12.9. The number of rotatable bonds is 5. The Morgan fingerprint density at radius 2 is 1.91 bits per heavy atom. The van der Waals surface area contributed by atoms with Gasteiger partial charge in [-0.25, -0.2) is 4.68 Å². The van der Waals surface area contributed by atoms with Crippen molar-refractivity contribution in [3.8, 4) is 16.9 Å². The number of aromatic nitrogens is 3. The molecule has 0 unspecified atom stereocenters. The van der Waals surface area contributed by atoms with Gasteiger partial charge in [-0.15, -0.1) is 11.8 Å². The average Bonchev–Trinajstić information content (AvgIpc) is 3.19. The predicted octanol–water partition coefficient (Wildman–Crippen LogP) is 4.30. The van der Waals surface area contributed by atoms with Crippen LogP contribution in [0.4, 0.5) is 5.69 Å². The molecule has 8 heteroatoms. The van der Waals surface area contributed by atoms with E-state index >= 15 is 0 Å². The zero-order valence-corrected chi connectivity index (χ0v) is 18.5. The molecule has 0 saturated carbocycles. The van der Waals surface area contributed by atoms with E-state index in [0.717, 1.165) is 33.2 Å². The molecule has 2 aromatic heterocycles. The summed E-state index contributed by atoms with van der Waals surface area (Å²) in [7, 11) is 0. The van der Waals surface area contributed by atoms with Crippen LogP contribution in [-0.2, 0) is 11.3 Å². The molecule has 1 aliphatic rings. The molecule has 0 saturated heterocycles. The van der Waals surface area contributed by atoms with Gasteiger partial charge in [0.1, 0.15) is 0 Å². The normalized spacial score (nSPS) is 13.0. The quantitative estimate of drug-likeness (QED) is 0.468. The molecule has 2 N–H and O–H groups in total. The number of carbonyl (C=O) groups excluding carboxylic acids is 2. The molecule has 33 heavy (non-hydrogen) atoms. The third-order valence-electron chi connectivity index (χ3n) is 5.31. The van der Waals surface area contributed by atoms with Crippen molar-refractivity contribution in [2.75, 3.05) is 11.1 Å². The Balaban J connectivity index is 1.40. The number of nitrogens with zero attached hydrogens (tertiary/aromatic N) is 3. The number of carbonyl (C=O) groups is 2. The van der Waals surface area contributed by atoms with Gasteiger partial charge in [0.05, 0.1) is 17.1 Å². The van der Waals surface area contributed by atoms with Crippen LogP contribution in [0.15, 0.2) is 84.1 Å². The van der Waals surface area contributed by atoms with Crippen LogP contribution < -0.4 is 10.6 Å². The van der Waals surface area contributed by atoms with Crippen LogP contribution in [-0.4, -0.2) is 32.3 Å². The molecular formula is C25H21N5O2S. The molecule has 1 aliphatic heterocycles. The number of anilines is 1. The number of fused-ring (bicyclic) bond motifs is 1. The van der Waals surface area contributed by atoms with E-state index < -0.39 is 0 Å². The van der Waals surface area contributed by atoms with Gasteiger partial charge < -0.3 is 10.6 Å². The first-order chi connectivity index (χ1) is 16.2. The molecule has 164 valence electrons. The maximum atomic E-state index is 12.9. The second kappa shape index (κ2) is 9.30. The van der Waals surface area contributed by atoms with Gasteiger partial charge in [0.2, 0.25) is 5.91 Å². The summed E-state index contributed by atoms with van der Waals surface area (Å²) in [6, 6.07) is 19.0. The van der Waals surface area contributed by atoms with Gasteiger partial charge in [-0.3, -0.25) is 14.6 Å². The lowest BCUT2D eigenvalue weighted by atomic mass is 10.1. The minimum atomic E-state index is -0.213. The number of hydrogen-bond donors (Lipinski definition) is 2. The van der Waals surface area contributed by atoms with E-state index in [4.69, 9.17) is 5.10 Å². The van der Waals surface area contributed by atoms with Crippen molar-refractivity contribution in [1.82, 2.24) is 20.1 Å². The fraction of sp³-hybridized carbons (Fsp3) is 0.120. The van der Waals surface area contributed by atoms with Crippen molar-refractivity contribution < 1.29 is 9.59 Å². The number of hydrogen-bond acceptors (Lipinski definition) is 5. The molecule has 0 aliphatic carbocycles. The molecule has 0 atom stereocenters. The molecule has 0 radical (unpaired) electrons. The topological polar surface area (TPSA) is 88.9 Å². The summed E-state index contributed by atoms with van der Waals surface area (Å²) in [6.45, 7) is 0.307. The number of thioether (sulfide) groups is 1. The van der Waals surface area contributed by atoms with Gasteiger partial charge in [0.25, 0.3) is 5.91 Å². The number of nitrogens with one attached hydrogen (secondary N) is 2. The Morgan fingerprint density at radius 3 is 2.73 bits per heavy atom. The van der Waals surface area contributed by atoms with E-state index in [0.29, 0.717) is 24.2 Å². The van der Waals surface area contributed by atoms with E-state index in [-0.39, 0.29) is 11.8 Å². The van der Waals surface area contributed by atoms with Gasteiger partial charge in [-0.05, 0) is 42.5 Å². The third kappa shape index (κ3) is 4.65. The molecule has 7 nitrogen and oxygen atoms in total. The highest BCUT2D eigenvalue weighted by Crippen LogP contribution is 2.31. The first-order valence-electron chi connectivity index (χ1n) is 10.6. The smallest absolute Gasteiger partial charge is 0.251 e. The van der Waals surface area contributed by atoms with Crippen molar-refractivity contribution in [1.29, 1.82) is 0 Å². The Hall–Kier alpha value is -3.91. The predicted molar refractivity (Wildman–Crippen MR) is 128 cm³/mol. The Kier molecular flexibility index (Phi) is 5.91. The van der Waals surface area contributed by atoms with Gasteiger partial charge in [0.15, 0.2) is 0 Å². The zero-order valence-electron chi connectivity index (χ0n) is 17.7. The van der Waals surface area contributed by atoms with E-state index in [1.165, 1.54) is 0 Å². The summed E-state index contributed by atoms with van der Waals surface area (Å²) in [6.07, 6.45) is 5.84. The summed E-state index contributed by atoms with van der Waals surface area (Å²) in [5, 5.41) is 10.6. The molecule has 0 fully saturated rings. The van der Waals surface area contributed by atoms with Crippen LogP contribution >= 0.6 is 11.8 Å². The third-order valence-corrected chi connectivity index (χ3v) is 6.38. The summed E-state index contributed by atoms with van der Waals surface area (Å²) in [4.78, 5) is 29.9. The maximum Gasteiger partial charge on any atom is 0.251 e. The summed E-state index contributed by atoms with van der Waals surface area (Å²) >= 11 is 1.61. The Morgan fingerprint density at radius 1 is 1.09 bits per heavy atom. The molecular weight excluding hydrogens is 434 g/mol. The van der Waals surface area contributed by atoms with Gasteiger partial charge in [-0.2, -0.15) is 5.10 Å². The van der Waals surface area contributed by atoms with Crippen LogP contribution in [0.2, 0.25) is 0 Å². The van der Waals surface area contributed by atoms with Crippen LogP contribution in [0.3, 0.4) is 0 Å². The first kappa shape index (κ1) is 21.0. The van der Waals surface area contributed by atoms with Gasteiger partial charge >= 0.3 is 0 Å². The molecule has 2 aromatic carbocycles. The van der Waals surface area contributed by atoms with E-state index in [2.05, 4.69) is 15.6 Å². The standard InChI is InChI=1S/C25H21N5O2S/c31-23-10-13-33-22-7-6-18(14-21(22)28-23)25(32)27-15-19-16-30(20-4-2-1-3-5-20)29-24(19)17-8-11-26-12-9-17/h1-9,11-12,14,16H,10,13,15H2,(H,27,32)(H,28,31). The van der Waals surface area contributed by atoms with Crippen LogP contribution in [0.1, 0.15) is 22.3 Å². The Bertz CT molecular complexity index is 1310. The summed E-state index contributed by atoms with van der Waals surface area (Å²) in [5.74, 6) is 0.483. The van der Waals surface area contributed by atoms with Crippen LogP contribution in [0, 0.1) is 0 Å². The minimum Gasteiger partial charge on any atom is -0.348 e. The lowest BCUT2D eigenvalue weighted by Gasteiger charge is -2.10. The Labute approximate surface area is 195 Å². The average molecular weight is 456 g/mol. The first-order valence-corrected chi connectivity index (χ1v) is 11.6. The fourth-order valence-electron chi connectivity index (χ4n) is 3.64. The second-order valence-corrected chi connectivity index (χ2v) is 8.70.